The van der Waals surface area contributed by atoms with Crippen molar-refractivity contribution >= 4 is 29.1 Å². The van der Waals surface area contributed by atoms with Crippen LogP contribution in [0.4, 0.5) is 0 Å². The average Bonchev–Trinajstić information content (AvgIpc) is 2.55. The van der Waals surface area contributed by atoms with Gasteiger partial charge in [0.25, 0.3) is 0 Å². The van der Waals surface area contributed by atoms with Gasteiger partial charge in [0.05, 0.1) is 13.0 Å². The predicted molar refractivity (Wildman–Crippen MR) is 94.0 cm³/mol. The van der Waals surface area contributed by atoms with Crippen molar-refractivity contribution in [1.29, 1.82) is 0 Å². The van der Waals surface area contributed by atoms with Crippen LogP contribution in [0, 0.1) is 0 Å². The molecule has 0 aliphatic heterocycles. The first-order valence-electron chi connectivity index (χ1n) is 7.46. The standard InChI is InChI=1S/C18H19Cl2NO2/c19-16-7-6-15(17(20)13-16)12-18(23)21(10-11-22)9-8-14-4-2-1-3-5-14/h1-7,13,22H,8-12H2. The SMILES string of the molecule is O=C(Cc1ccc(Cl)cc1Cl)N(CCO)CCc1ccccc1. The van der Waals surface area contributed by atoms with Gasteiger partial charge in [-0.15, -0.1) is 0 Å². The Bertz CT molecular complexity index is 647. The number of halogens is 2. The van der Waals surface area contributed by atoms with Gasteiger partial charge in [-0.25, -0.2) is 0 Å². The van der Waals surface area contributed by atoms with E-state index >= 15 is 0 Å². The third-order valence-corrected chi connectivity index (χ3v) is 4.18. The Labute approximate surface area is 146 Å². The molecular formula is C18H19Cl2NO2. The highest BCUT2D eigenvalue weighted by Gasteiger charge is 2.15. The van der Waals surface area contributed by atoms with E-state index in [-0.39, 0.29) is 18.9 Å². The summed E-state index contributed by atoms with van der Waals surface area (Å²) < 4.78 is 0. The second-order valence-corrected chi connectivity index (χ2v) is 6.10. The molecule has 1 amide bonds. The van der Waals surface area contributed by atoms with Crippen LogP contribution in [0.3, 0.4) is 0 Å². The zero-order valence-electron chi connectivity index (χ0n) is 12.7. The molecule has 5 heteroatoms. The molecule has 0 saturated heterocycles. The van der Waals surface area contributed by atoms with Gasteiger partial charge in [-0.05, 0) is 29.7 Å². The zero-order valence-corrected chi connectivity index (χ0v) is 14.2. The maximum absolute atomic E-state index is 12.5. The van der Waals surface area contributed by atoms with Crippen molar-refractivity contribution < 1.29 is 9.90 Å². The van der Waals surface area contributed by atoms with E-state index in [1.807, 2.05) is 30.3 Å². The van der Waals surface area contributed by atoms with Gasteiger partial charge in [0.1, 0.15) is 0 Å². The first-order chi connectivity index (χ1) is 11.1. The minimum absolute atomic E-state index is 0.0563. The van der Waals surface area contributed by atoms with E-state index in [2.05, 4.69) is 0 Å². The van der Waals surface area contributed by atoms with Gasteiger partial charge >= 0.3 is 0 Å². The van der Waals surface area contributed by atoms with E-state index in [0.717, 1.165) is 17.5 Å². The second kappa shape index (κ2) is 8.92. The van der Waals surface area contributed by atoms with Crippen LogP contribution in [0.25, 0.3) is 0 Å². The molecule has 2 aromatic carbocycles. The van der Waals surface area contributed by atoms with Gasteiger partial charge < -0.3 is 10.0 Å². The average molecular weight is 352 g/mol. The molecule has 0 radical (unpaired) electrons. The number of rotatable bonds is 7. The second-order valence-electron chi connectivity index (χ2n) is 5.25. The van der Waals surface area contributed by atoms with Crippen LogP contribution in [0.15, 0.2) is 48.5 Å². The Morgan fingerprint density at radius 2 is 1.78 bits per heavy atom. The van der Waals surface area contributed by atoms with E-state index < -0.39 is 0 Å². The third-order valence-electron chi connectivity index (χ3n) is 3.59. The Hall–Kier alpha value is -1.55. The zero-order chi connectivity index (χ0) is 16.7. The highest BCUT2D eigenvalue weighted by atomic mass is 35.5. The highest BCUT2D eigenvalue weighted by molar-refractivity contribution is 6.35. The summed E-state index contributed by atoms with van der Waals surface area (Å²) in [6.45, 7) is 0.820. The first-order valence-corrected chi connectivity index (χ1v) is 8.22. The first kappa shape index (κ1) is 17.8. The fourth-order valence-corrected chi connectivity index (χ4v) is 2.81. The number of hydrogen-bond donors (Lipinski definition) is 1. The van der Waals surface area contributed by atoms with Crippen molar-refractivity contribution in [2.24, 2.45) is 0 Å². The molecule has 0 heterocycles. The van der Waals surface area contributed by atoms with Crippen LogP contribution >= 0.6 is 23.2 Å². The number of benzene rings is 2. The van der Waals surface area contributed by atoms with Crippen molar-refractivity contribution in [3.05, 3.63) is 69.7 Å². The number of hydrogen-bond acceptors (Lipinski definition) is 2. The molecule has 0 atom stereocenters. The van der Waals surface area contributed by atoms with Crippen molar-refractivity contribution in [3.8, 4) is 0 Å². The quantitative estimate of drug-likeness (QED) is 0.827. The lowest BCUT2D eigenvalue weighted by Crippen LogP contribution is -2.36. The summed E-state index contributed by atoms with van der Waals surface area (Å²) in [6, 6.07) is 15.1. The van der Waals surface area contributed by atoms with E-state index in [9.17, 15) is 9.90 Å². The van der Waals surface area contributed by atoms with Gasteiger partial charge in [0.2, 0.25) is 5.91 Å². The van der Waals surface area contributed by atoms with Crippen molar-refractivity contribution in [2.75, 3.05) is 19.7 Å². The maximum Gasteiger partial charge on any atom is 0.227 e. The van der Waals surface area contributed by atoms with Gasteiger partial charge in [-0.2, -0.15) is 0 Å². The van der Waals surface area contributed by atoms with E-state index in [0.29, 0.717) is 23.1 Å². The van der Waals surface area contributed by atoms with Crippen LogP contribution in [0.2, 0.25) is 10.0 Å². The molecule has 0 bridgehead atoms. The molecule has 1 N–H and O–H groups in total. The van der Waals surface area contributed by atoms with Crippen LogP contribution in [0.1, 0.15) is 11.1 Å². The molecular weight excluding hydrogens is 333 g/mol. The Balaban J connectivity index is 2.00. The predicted octanol–water partition coefficient (Wildman–Crippen LogP) is 3.60. The minimum Gasteiger partial charge on any atom is -0.395 e. The molecule has 2 rings (SSSR count). The molecule has 0 aliphatic carbocycles. The lowest BCUT2D eigenvalue weighted by molar-refractivity contribution is -0.131. The van der Waals surface area contributed by atoms with Gasteiger partial charge in [-0.3, -0.25) is 4.79 Å². The van der Waals surface area contributed by atoms with Crippen LogP contribution in [-0.2, 0) is 17.6 Å². The molecule has 3 nitrogen and oxygen atoms in total. The number of carbonyl (C=O) groups is 1. The summed E-state index contributed by atoms with van der Waals surface area (Å²) in [5.41, 5.74) is 1.90. The van der Waals surface area contributed by atoms with E-state index in [1.54, 1.807) is 23.1 Å². The number of nitrogens with zero attached hydrogens (tertiary/aromatic N) is 1. The summed E-state index contributed by atoms with van der Waals surface area (Å²) in [4.78, 5) is 14.1. The largest absolute Gasteiger partial charge is 0.395 e. The third kappa shape index (κ3) is 5.54. The normalized spacial score (nSPS) is 10.6. The monoisotopic (exact) mass is 351 g/mol. The maximum atomic E-state index is 12.5. The fourth-order valence-electron chi connectivity index (χ4n) is 2.33. The summed E-state index contributed by atoms with van der Waals surface area (Å²) in [7, 11) is 0. The van der Waals surface area contributed by atoms with E-state index in [4.69, 9.17) is 23.2 Å². The summed E-state index contributed by atoms with van der Waals surface area (Å²) in [6.07, 6.45) is 0.950. The van der Waals surface area contributed by atoms with Crippen LogP contribution < -0.4 is 0 Å². The number of amides is 1. The summed E-state index contributed by atoms with van der Waals surface area (Å²) in [5, 5.41) is 10.2. The molecule has 0 saturated carbocycles. The Morgan fingerprint density at radius 3 is 2.43 bits per heavy atom. The number of aliphatic hydroxyl groups is 1. The highest BCUT2D eigenvalue weighted by Crippen LogP contribution is 2.21. The molecule has 2 aromatic rings. The minimum atomic E-state index is -0.0606. The number of aliphatic hydroxyl groups excluding tert-OH is 1. The molecule has 0 spiro atoms. The van der Waals surface area contributed by atoms with Crippen LogP contribution in [-0.4, -0.2) is 35.6 Å². The van der Waals surface area contributed by atoms with Crippen LogP contribution in [0.5, 0.6) is 0 Å². The molecule has 0 aromatic heterocycles. The van der Waals surface area contributed by atoms with Gasteiger partial charge in [-0.1, -0.05) is 59.6 Å². The van der Waals surface area contributed by atoms with Crippen molar-refractivity contribution in [3.63, 3.8) is 0 Å². The van der Waals surface area contributed by atoms with Crippen molar-refractivity contribution in [1.82, 2.24) is 4.90 Å². The summed E-state index contributed by atoms with van der Waals surface area (Å²) in [5.74, 6) is -0.0563. The lowest BCUT2D eigenvalue weighted by Gasteiger charge is -2.22. The van der Waals surface area contributed by atoms with Gasteiger partial charge in [0.15, 0.2) is 0 Å². The molecule has 23 heavy (non-hydrogen) atoms. The molecule has 122 valence electrons. The lowest BCUT2D eigenvalue weighted by atomic mass is 10.1. The smallest absolute Gasteiger partial charge is 0.227 e. The fraction of sp³-hybridized carbons (Fsp3) is 0.278. The van der Waals surface area contributed by atoms with Gasteiger partial charge in [0, 0.05) is 23.1 Å². The molecule has 0 unspecified atom stereocenters. The topological polar surface area (TPSA) is 40.5 Å². The summed E-state index contributed by atoms with van der Waals surface area (Å²) >= 11 is 12.0. The van der Waals surface area contributed by atoms with Crippen molar-refractivity contribution in [2.45, 2.75) is 12.8 Å². The van der Waals surface area contributed by atoms with E-state index in [1.165, 1.54) is 0 Å². The Morgan fingerprint density at radius 1 is 1.04 bits per heavy atom. The number of carbonyl (C=O) groups excluding carboxylic acids is 1. The molecule has 0 fully saturated rings. The Kier molecular flexibility index (Phi) is 6.90. The molecule has 0 aliphatic rings.